The molecule has 4 N–H and O–H groups in total. The number of nitrogens with zero attached hydrogens (tertiary/aromatic N) is 1. The zero-order valence-corrected chi connectivity index (χ0v) is 10.0. The van der Waals surface area contributed by atoms with Gasteiger partial charge in [0.1, 0.15) is 0 Å². The molecule has 1 aromatic heterocycles. The summed E-state index contributed by atoms with van der Waals surface area (Å²) < 4.78 is 0. The van der Waals surface area contributed by atoms with Crippen molar-refractivity contribution in [2.24, 2.45) is 11.7 Å². The molecule has 1 aliphatic rings. The smallest absolute Gasteiger partial charge is 0.227 e. The van der Waals surface area contributed by atoms with Gasteiger partial charge in [-0.2, -0.15) is 5.10 Å². The van der Waals surface area contributed by atoms with Gasteiger partial charge in [0.25, 0.3) is 0 Å². The van der Waals surface area contributed by atoms with E-state index in [1.807, 2.05) is 18.2 Å². The van der Waals surface area contributed by atoms with E-state index < -0.39 is 0 Å². The molecule has 3 rings (SSSR count). The Morgan fingerprint density at radius 2 is 2.33 bits per heavy atom. The molecule has 1 saturated carbocycles. The molecule has 94 valence electrons. The molecule has 1 aromatic carbocycles. The number of aromatic nitrogens is 2. The second kappa shape index (κ2) is 4.42. The first-order valence-corrected chi connectivity index (χ1v) is 6.22. The van der Waals surface area contributed by atoms with E-state index in [9.17, 15) is 4.79 Å². The number of fused-ring (bicyclic) bond motifs is 1. The van der Waals surface area contributed by atoms with Crippen molar-refractivity contribution in [1.82, 2.24) is 10.2 Å². The van der Waals surface area contributed by atoms with E-state index >= 15 is 0 Å². The molecule has 0 spiro atoms. The van der Waals surface area contributed by atoms with Crippen LogP contribution in [0.25, 0.3) is 10.9 Å². The first-order chi connectivity index (χ1) is 8.72. The maximum atomic E-state index is 12.0. The van der Waals surface area contributed by atoms with Gasteiger partial charge < -0.3 is 11.1 Å². The minimum absolute atomic E-state index is 0.0556. The molecule has 1 fully saturated rings. The minimum Gasteiger partial charge on any atom is -0.328 e. The van der Waals surface area contributed by atoms with Gasteiger partial charge in [-0.25, -0.2) is 0 Å². The summed E-state index contributed by atoms with van der Waals surface area (Å²) in [5, 5.41) is 10.8. The fourth-order valence-electron chi connectivity index (χ4n) is 2.52. The third kappa shape index (κ3) is 2.09. The molecule has 0 bridgehead atoms. The number of rotatable bonds is 2. The van der Waals surface area contributed by atoms with Gasteiger partial charge in [-0.05, 0) is 37.5 Å². The Balaban J connectivity index is 1.73. The van der Waals surface area contributed by atoms with Crippen molar-refractivity contribution in [3.63, 3.8) is 0 Å². The van der Waals surface area contributed by atoms with Gasteiger partial charge >= 0.3 is 0 Å². The number of carbonyl (C=O) groups is 1. The highest BCUT2D eigenvalue weighted by molar-refractivity contribution is 5.95. The van der Waals surface area contributed by atoms with Crippen LogP contribution in [0.5, 0.6) is 0 Å². The van der Waals surface area contributed by atoms with Crippen LogP contribution in [0.15, 0.2) is 24.4 Å². The molecule has 1 aliphatic carbocycles. The van der Waals surface area contributed by atoms with Crippen LogP contribution in [0, 0.1) is 5.92 Å². The highest BCUT2D eigenvalue weighted by Crippen LogP contribution is 2.26. The average Bonchev–Trinajstić information content (AvgIpc) is 2.96. The average molecular weight is 244 g/mol. The summed E-state index contributed by atoms with van der Waals surface area (Å²) >= 11 is 0. The van der Waals surface area contributed by atoms with Crippen molar-refractivity contribution < 1.29 is 4.79 Å². The van der Waals surface area contributed by atoms with Crippen LogP contribution in [0.3, 0.4) is 0 Å². The SMILES string of the molecule is NC1CCC(C(=O)Nc2ccc3[nH]ncc3c2)C1. The van der Waals surface area contributed by atoms with Crippen molar-refractivity contribution in [1.29, 1.82) is 0 Å². The molecule has 1 amide bonds. The summed E-state index contributed by atoms with van der Waals surface area (Å²) in [6.07, 6.45) is 4.37. The zero-order chi connectivity index (χ0) is 12.5. The first-order valence-electron chi connectivity index (χ1n) is 6.22. The molecule has 18 heavy (non-hydrogen) atoms. The van der Waals surface area contributed by atoms with E-state index in [2.05, 4.69) is 15.5 Å². The Labute approximate surface area is 105 Å². The number of hydrogen-bond donors (Lipinski definition) is 3. The molecule has 2 atom stereocenters. The third-order valence-corrected chi connectivity index (χ3v) is 3.55. The van der Waals surface area contributed by atoms with Gasteiger partial charge in [0.15, 0.2) is 0 Å². The second-order valence-electron chi connectivity index (χ2n) is 4.93. The number of aromatic amines is 1. The number of nitrogens with one attached hydrogen (secondary N) is 2. The molecular formula is C13H16N4O. The van der Waals surface area contributed by atoms with Crippen molar-refractivity contribution in [3.05, 3.63) is 24.4 Å². The molecular weight excluding hydrogens is 228 g/mol. The Kier molecular flexibility index (Phi) is 2.76. The van der Waals surface area contributed by atoms with Gasteiger partial charge in [-0.1, -0.05) is 0 Å². The molecule has 5 heteroatoms. The number of amides is 1. The molecule has 0 radical (unpaired) electrons. The maximum absolute atomic E-state index is 12.0. The number of benzene rings is 1. The Bertz CT molecular complexity index is 577. The summed E-state index contributed by atoms with van der Waals surface area (Å²) in [6.45, 7) is 0. The summed E-state index contributed by atoms with van der Waals surface area (Å²) in [5.41, 5.74) is 7.61. The standard InChI is InChI=1S/C13H16N4O/c14-10-2-1-8(5-10)13(18)16-11-3-4-12-9(6-11)7-15-17-12/h3-4,6-8,10H,1-2,5,14H2,(H,15,17)(H,16,18). The lowest BCUT2D eigenvalue weighted by atomic mass is 10.1. The minimum atomic E-state index is 0.0556. The summed E-state index contributed by atoms with van der Waals surface area (Å²) in [6, 6.07) is 5.90. The van der Waals surface area contributed by atoms with E-state index in [1.165, 1.54) is 0 Å². The Morgan fingerprint density at radius 1 is 1.44 bits per heavy atom. The van der Waals surface area contributed by atoms with Crippen LogP contribution in [-0.2, 0) is 4.79 Å². The van der Waals surface area contributed by atoms with Crippen molar-refractivity contribution >= 4 is 22.5 Å². The molecule has 2 unspecified atom stereocenters. The molecule has 1 heterocycles. The summed E-state index contributed by atoms with van der Waals surface area (Å²) in [5.74, 6) is 0.130. The van der Waals surface area contributed by atoms with Crippen LogP contribution in [0.4, 0.5) is 5.69 Å². The number of carbonyl (C=O) groups excluding carboxylic acids is 1. The van der Waals surface area contributed by atoms with E-state index in [0.717, 1.165) is 35.9 Å². The molecule has 0 saturated heterocycles. The fourth-order valence-corrected chi connectivity index (χ4v) is 2.52. The van der Waals surface area contributed by atoms with Crippen LogP contribution in [0.2, 0.25) is 0 Å². The van der Waals surface area contributed by atoms with Crippen molar-refractivity contribution in [2.75, 3.05) is 5.32 Å². The van der Waals surface area contributed by atoms with Gasteiger partial charge in [0.05, 0.1) is 11.7 Å². The second-order valence-corrected chi connectivity index (χ2v) is 4.93. The largest absolute Gasteiger partial charge is 0.328 e. The predicted molar refractivity (Wildman–Crippen MR) is 70.0 cm³/mol. The topological polar surface area (TPSA) is 83.8 Å². The normalized spacial score (nSPS) is 23.4. The van der Waals surface area contributed by atoms with Crippen LogP contribution < -0.4 is 11.1 Å². The van der Waals surface area contributed by atoms with Gasteiger partial charge in [0, 0.05) is 23.0 Å². The molecule has 0 aliphatic heterocycles. The number of hydrogen-bond acceptors (Lipinski definition) is 3. The van der Waals surface area contributed by atoms with Gasteiger partial charge in [-0.3, -0.25) is 9.89 Å². The van der Waals surface area contributed by atoms with Crippen molar-refractivity contribution in [2.45, 2.75) is 25.3 Å². The zero-order valence-electron chi connectivity index (χ0n) is 10.0. The Morgan fingerprint density at radius 3 is 3.11 bits per heavy atom. The van der Waals surface area contributed by atoms with E-state index in [1.54, 1.807) is 6.20 Å². The Hall–Kier alpha value is -1.88. The van der Waals surface area contributed by atoms with Gasteiger partial charge in [-0.15, -0.1) is 0 Å². The highest BCUT2D eigenvalue weighted by atomic mass is 16.1. The monoisotopic (exact) mass is 244 g/mol. The lowest BCUT2D eigenvalue weighted by molar-refractivity contribution is -0.119. The fraction of sp³-hybridized carbons (Fsp3) is 0.385. The molecule has 2 aromatic rings. The predicted octanol–water partition coefficient (Wildman–Crippen LogP) is 1.63. The van der Waals surface area contributed by atoms with Crippen LogP contribution >= 0.6 is 0 Å². The first kappa shape index (κ1) is 11.2. The van der Waals surface area contributed by atoms with Gasteiger partial charge in [0.2, 0.25) is 5.91 Å². The summed E-state index contributed by atoms with van der Waals surface area (Å²) in [4.78, 5) is 12.0. The quantitative estimate of drug-likeness (QED) is 0.750. The van der Waals surface area contributed by atoms with Crippen LogP contribution in [-0.4, -0.2) is 22.1 Å². The highest BCUT2D eigenvalue weighted by Gasteiger charge is 2.27. The number of anilines is 1. The third-order valence-electron chi connectivity index (χ3n) is 3.55. The van der Waals surface area contributed by atoms with E-state index in [0.29, 0.717) is 0 Å². The van der Waals surface area contributed by atoms with E-state index in [4.69, 9.17) is 5.73 Å². The molecule has 5 nitrogen and oxygen atoms in total. The summed E-state index contributed by atoms with van der Waals surface area (Å²) in [7, 11) is 0. The lowest BCUT2D eigenvalue weighted by Gasteiger charge is -2.10. The lowest BCUT2D eigenvalue weighted by Crippen LogP contribution is -2.23. The van der Waals surface area contributed by atoms with E-state index in [-0.39, 0.29) is 17.9 Å². The van der Waals surface area contributed by atoms with Crippen molar-refractivity contribution in [3.8, 4) is 0 Å². The van der Waals surface area contributed by atoms with Crippen LogP contribution in [0.1, 0.15) is 19.3 Å². The number of nitrogens with two attached hydrogens (primary N) is 1. The maximum Gasteiger partial charge on any atom is 0.227 e. The number of H-pyrrole nitrogens is 1.